The number of benzene rings is 2. The van der Waals surface area contributed by atoms with Gasteiger partial charge < -0.3 is 15.2 Å². The number of carbonyl (C=O) groups excluding carboxylic acids is 2. The first-order valence-corrected chi connectivity index (χ1v) is 13.6. The highest BCUT2D eigenvalue weighted by Gasteiger charge is 2.25. The van der Waals surface area contributed by atoms with Gasteiger partial charge in [0.05, 0.1) is 11.8 Å². The summed E-state index contributed by atoms with van der Waals surface area (Å²) < 4.78 is 2.99. The predicted molar refractivity (Wildman–Crippen MR) is 150 cm³/mol. The monoisotopic (exact) mass is 605 g/mol. The fourth-order valence-corrected chi connectivity index (χ4v) is 4.86. The Morgan fingerprint density at radius 1 is 1.06 bits per heavy atom. The Labute approximate surface area is 225 Å². The van der Waals surface area contributed by atoms with Crippen LogP contribution in [0.1, 0.15) is 67.0 Å². The summed E-state index contributed by atoms with van der Waals surface area (Å²) in [6.07, 6.45) is 0. The Balaban J connectivity index is 1.68. The molecule has 3 rings (SSSR count). The van der Waals surface area contributed by atoms with Crippen LogP contribution < -0.4 is 10.6 Å². The molecule has 0 unspecified atom stereocenters. The first-order chi connectivity index (χ1) is 16.6. The molecule has 7 nitrogen and oxygen atoms in total. The van der Waals surface area contributed by atoms with Gasteiger partial charge in [-0.2, -0.15) is 0 Å². The number of carbonyl (C=O) groups is 2. The summed E-state index contributed by atoms with van der Waals surface area (Å²) in [6, 6.07) is 13.2. The van der Waals surface area contributed by atoms with E-state index in [0.717, 1.165) is 20.4 Å². The second-order valence-electron chi connectivity index (χ2n) is 9.18. The summed E-state index contributed by atoms with van der Waals surface area (Å²) in [7, 11) is 1.86. The van der Waals surface area contributed by atoms with E-state index in [1.54, 1.807) is 0 Å². The van der Waals surface area contributed by atoms with Crippen molar-refractivity contribution in [3.8, 4) is 0 Å². The van der Waals surface area contributed by atoms with Crippen LogP contribution in [-0.4, -0.2) is 32.3 Å². The molecule has 0 bridgehead atoms. The van der Waals surface area contributed by atoms with E-state index >= 15 is 0 Å². The maximum Gasteiger partial charge on any atom is 0.251 e. The molecule has 0 aliphatic heterocycles. The SMILES string of the molecule is Cc1ccc(C(=O)N[C@H](c2nnc(SCC(=O)Nc3ccc(I)cc3C(C)C)n2C)C(C)C)cc1. The average molecular weight is 606 g/mol. The van der Waals surface area contributed by atoms with E-state index in [1.165, 1.54) is 11.8 Å². The molecule has 0 aliphatic rings. The van der Waals surface area contributed by atoms with E-state index in [-0.39, 0.29) is 29.5 Å². The highest BCUT2D eigenvalue weighted by atomic mass is 127. The zero-order valence-corrected chi connectivity index (χ0v) is 23.9. The number of halogens is 1. The molecule has 1 heterocycles. The van der Waals surface area contributed by atoms with Crippen molar-refractivity contribution in [3.63, 3.8) is 0 Å². The number of aromatic nitrogens is 3. The molecule has 1 atom stereocenters. The Bertz CT molecular complexity index is 1190. The van der Waals surface area contributed by atoms with E-state index in [2.05, 4.69) is 63.3 Å². The van der Waals surface area contributed by atoms with Gasteiger partial charge in [0.15, 0.2) is 11.0 Å². The molecule has 2 aromatic carbocycles. The van der Waals surface area contributed by atoms with Crippen LogP contribution in [0.2, 0.25) is 0 Å². The number of amides is 2. The van der Waals surface area contributed by atoms with Crippen LogP contribution in [0.4, 0.5) is 5.69 Å². The van der Waals surface area contributed by atoms with Gasteiger partial charge in [0, 0.05) is 21.9 Å². The Hall–Kier alpha value is -2.40. The van der Waals surface area contributed by atoms with Crippen molar-refractivity contribution in [2.24, 2.45) is 13.0 Å². The molecule has 9 heteroatoms. The molecule has 1 aromatic heterocycles. The number of anilines is 1. The summed E-state index contributed by atoms with van der Waals surface area (Å²) >= 11 is 3.60. The Kier molecular flexibility index (Phi) is 9.34. The topological polar surface area (TPSA) is 88.9 Å². The summed E-state index contributed by atoms with van der Waals surface area (Å²) in [5, 5.41) is 15.4. The number of nitrogens with zero attached hydrogens (tertiary/aromatic N) is 3. The summed E-state index contributed by atoms with van der Waals surface area (Å²) in [4.78, 5) is 25.5. The molecule has 35 heavy (non-hydrogen) atoms. The van der Waals surface area contributed by atoms with E-state index in [9.17, 15) is 9.59 Å². The Morgan fingerprint density at radius 3 is 2.37 bits per heavy atom. The van der Waals surface area contributed by atoms with Crippen molar-refractivity contribution >= 4 is 51.9 Å². The third-order valence-corrected chi connectivity index (χ3v) is 7.35. The minimum absolute atomic E-state index is 0.101. The third kappa shape index (κ3) is 7.07. The van der Waals surface area contributed by atoms with Gasteiger partial charge in [0.2, 0.25) is 5.91 Å². The molecular formula is C26H32IN5O2S. The van der Waals surface area contributed by atoms with E-state index in [1.807, 2.05) is 68.8 Å². The minimum atomic E-state index is -0.315. The van der Waals surface area contributed by atoms with Crippen molar-refractivity contribution in [3.05, 3.63) is 68.5 Å². The molecule has 0 fully saturated rings. The number of hydrogen-bond acceptors (Lipinski definition) is 5. The fraction of sp³-hybridized carbons (Fsp3) is 0.385. The zero-order chi connectivity index (χ0) is 25.7. The lowest BCUT2D eigenvalue weighted by atomic mass is 10.0. The first-order valence-electron chi connectivity index (χ1n) is 11.6. The maximum absolute atomic E-state index is 12.8. The lowest BCUT2D eigenvalue weighted by molar-refractivity contribution is -0.113. The maximum atomic E-state index is 12.8. The quantitative estimate of drug-likeness (QED) is 0.241. The van der Waals surface area contributed by atoms with Crippen LogP contribution in [0.3, 0.4) is 0 Å². The zero-order valence-electron chi connectivity index (χ0n) is 20.9. The van der Waals surface area contributed by atoms with Crippen molar-refractivity contribution < 1.29 is 9.59 Å². The number of nitrogens with one attached hydrogen (secondary N) is 2. The van der Waals surface area contributed by atoms with Crippen LogP contribution in [0.5, 0.6) is 0 Å². The van der Waals surface area contributed by atoms with Crippen LogP contribution in [0.15, 0.2) is 47.6 Å². The van der Waals surface area contributed by atoms with Crippen LogP contribution in [-0.2, 0) is 11.8 Å². The van der Waals surface area contributed by atoms with Gasteiger partial charge in [-0.15, -0.1) is 10.2 Å². The molecule has 186 valence electrons. The van der Waals surface area contributed by atoms with Gasteiger partial charge >= 0.3 is 0 Å². The lowest BCUT2D eigenvalue weighted by Crippen LogP contribution is -2.33. The molecule has 2 N–H and O–H groups in total. The average Bonchev–Trinajstić information content (AvgIpc) is 3.17. The van der Waals surface area contributed by atoms with Crippen molar-refractivity contribution in [2.45, 2.75) is 51.7 Å². The largest absolute Gasteiger partial charge is 0.342 e. The summed E-state index contributed by atoms with van der Waals surface area (Å²) in [5.74, 6) is 1.01. The molecule has 3 aromatic rings. The second kappa shape index (κ2) is 12.0. The van der Waals surface area contributed by atoms with Gasteiger partial charge in [-0.3, -0.25) is 9.59 Å². The van der Waals surface area contributed by atoms with Crippen molar-refractivity contribution in [2.75, 3.05) is 11.1 Å². The van der Waals surface area contributed by atoms with Crippen molar-refractivity contribution in [1.82, 2.24) is 20.1 Å². The van der Waals surface area contributed by atoms with Gasteiger partial charge in [0.25, 0.3) is 5.91 Å². The Morgan fingerprint density at radius 2 is 1.74 bits per heavy atom. The van der Waals surface area contributed by atoms with Crippen LogP contribution >= 0.6 is 34.4 Å². The van der Waals surface area contributed by atoms with Crippen LogP contribution in [0, 0.1) is 16.4 Å². The predicted octanol–water partition coefficient (Wildman–Crippen LogP) is 5.71. The summed E-state index contributed by atoms with van der Waals surface area (Å²) in [6.45, 7) is 10.3. The molecular weight excluding hydrogens is 573 g/mol. The van der Waals surface area contributed by atoms with E-state index < -0.39 is 0 Å². The number of hydrogen-bond donors (Lipinski definition) is 2. The number of aryl methyl sites for hydroxylation is 1. The third-order valence-electron chi connectivity index (χ3n) is 5.66. The van der Waals surface area contributed by atoms with Crippen LogP contribution in [0.25, 0.3) is 0 Å². The normalized spacial score (nSPS) is 12.1. The highest BCUT2D eigenvalue weighted by molar-refractivity contribution is 14.1. The fourth-order valence-electron chi connectivity index (χ4n) is 3.62. The van der Waals surface area contributed by atoms with Gasteiger partial charge in [0.1, 0.15) is 0 Å². The molecule has 0 saturated carbocycles. The van der Waals surface area contributed by atoms with Gasteiger partial charge in [-0.05, 0) is 77.2 Å². The van der Waals surface area contributed by atoms with Gasteiger partial charge in [-0.1, -0.05) is 57.2 Å². The number of thioether (sulfide) groups is 1. The molecule has 0 saturated heterocycles. The second-order valence-corrected chi connectivity index (χ2v) is 11.4. The molecule has 0 aliphatic carbocycles. The molecule has 0 radical (unpaired) electrons. The standard InChI is InChI=1S/C26H32IN5O2S/c1-15(2)20-13-19(27)11-12-21(20)28-22(33)14-35-26-31-30-24(32(26)6)23(16(3)4)29-25(34)18-9-7-17(5)8-10-18/h7-13,15-16,23H,14H2,1-6H3,(H,28,33)(H,29,34)/t23-/m0/s1. The molecule has 2 amide bonds. The lowest BCUT2D eigenvalue weighted by Gasteiger charge is -2.21. The number of rotatable bonds is 9. The van der Waals surface area contributed by atoms with E-state index in [0.29, 0.717) is 22.5 Å². The minimum Gasteiger partial charge on any atom is -0.342 e. The summed E-state index contributed by atoms with van der Waals surface area (Å²) in [5.41, 5.74) is 3.65. The molecule has 0 spiro atoms. The highest BCUT2D eigenvalue weighted by Crippen LogP contribution is 2.28. The van der Waals surface area contributed by atoms with E-state index in [4.69, 9.17) is 0 Å². The smallest absolute Gasteiger partial charge is 0.251 e. The van der Waals surface area contributed by atoms with Crippen molar-refractivity contribution in [1.29, 1.82) is 0 Å². The first kappa shape index (κ1) is 27.2. The van der Waals surface area contributed by atoms with Gasteiger partial charge in [-0.25, -0.2) is 0 Å².